The molecule has 0 aliphatic heterocycles. The molecule has 1 aromatic heterocycles. The van der Waals surface area contributed by atoms with E-state index in [1.54, 1.807) is 30.5 Å². The van der Waals surface area contributed by atoms with Crippen LogP contribution in [-0.4, -0.2) is 45.0 Å². The van der Waals surface area contributed by atoms with Crippen LogP contribution in [-0.2, 0) is 14.8 Å². The summed E-state index contributed by atoms with van der Waals surface area (Å²) in [4.78, 5) is 12.5. The van der Waals surface area contributed by atoms with Gasteiger partial charge in [-0.1, -0.05) is 24.3 Å². The number of carbonyl (C=O) groups is 1. The number of nitrogens with zero attached hydrogens (tertiary/aromatic N) is 3. The van der Waals surface area contributed by atoms with Crippen molar-refractivity contribution in [3.63, 3.8) is 0 Å². The number of anilines is 1. The van der Waals surface area contributed by atoms with Crippen LogP contribution >= 0.6 is 0 Å². The van der Waals surface area contributed by atoms with Gasteiger partial charge in [0.05, 0.1) is 25.3 Å². The highest BCUT2D eigenvalue weighted by Gasteiger charge is 2.21. The molecule has 1 N–H and O–H groups in total. The molecule has 0 unspecified atom stereocenters. The first-order valence-corrected chi connectivity index (χ1v) is 12.1. The van der Waals surface area contributed by atoms with Crippen LogP contribution in [0.4, 0.5) is 5.69 Å². The molecule has 0 saturated carbocycles. The third-order valence-corrected chi connectivity index (χ3v) is 6.39. The minimum absolute atomic E-state index is 0.331. The van der Waals surface area contributed by atoms with Crippen LogP contribution in [0.25, 0.3) is 5.69 Å². The number of para-hydroxylation sites is 1. The van der Waals surface area contributed by atoms with Gasteiger partial charge in [-0.05, 0) is 50.6 Å². The number of hydrazone groups is 1. The van der Waals surface area contributed by atoms with Gasteiger partial charge in [0.25, 0.3) is 5.91 Å². The van der Waals surface area contributed by atoms with E-state index in [-0.39, 0.29) is 0 Å². The maximum Gasteiger partial charge on any atom is 0.260 e. The summed E-state index contributed by atoms with van der Waals surface area (Å²) in [6.45, 7) is 5.63. The molecule has 0 radical (unpaired) electrons. The minimum Gasteiger partial charge on any atom is -0.497 e. The largest absolute Gasteiger partial charge is 0.497 e. The summed E-state index contributed by atoms with van der Waals surface area (Å²) in [6, 6.07) is 16.6. The molecule has 2 aromatic carbocycles. The summed E-state index contributed by atoms with van der Waals surface area (Å²) < 4.78 is 32.8. The van der Waals surface area contributed by atoms with Gasteiger partial charge in [0, 0.05) is 28.7 Å². The molecule has 9 heteroatoms. The molecule has 1 amide bonds. The number of amides is 1. The lowest BCUT2D eigenvalue weighted by Gasteiger charge is -2.21. The van der Waals surface area contributed by atoms with Crippen LogP contribution < -0.4 is 14.5 Å². The van der Waals surface area contributed by atoms with Gasteiger partial charge in [-0.15, -0.1) is 0 Å². The molecule has 0 spiro atoms. The number of aryl methyl sites for hydroxylation is 2. The van der Waals surface area contributed by atoms with Crippen molar-refractivity contribution in [2.75, 3.05) is 24.2 Å². The lowest BCUT2D eigenvalue weighted by Crippen LogP contribution is -2.39. The van der Waals surface area contributed by atoms with E-state index in [0.717, 1.165) is 38.8 Å². The molecule has 0 bridgehead atoms. The Bertz CT molecular complexity index is 1300. The Morgan fingerprint density at radius 2 is 1.85 bits per heavy atom. The van der Waals surface area contributed by atoms with E-state index in [9.17, 15) is 13.2 Å². The van der Waals surface area contributed by atoms with Crippen molar-refractivity contribution < 1.29 is 17.9 Å². The van der Waals surface area contributed by atoms with Crippen molar-refractivity contribution >= 4 is 27.8 Å². The number of rotatable bonds is 8. The van der Waals surface area contributed by atoms with E-state index in [0.29, 0.717) is 11.4 Å². The Morgan fingerprint density at radius 3 is 2.52 bits per heavy atom. The number of hydrogen-bond acceptors (Lipinski definition) is 5. The van der Waals surface area contributed by atoms with Crippen molar-refractivity contribution in [3.05, 3.63) is 77.1 Å². The number of benzene rings is 2. The van der Waals surface area contributed by atoms with Crippen molar-refractivity contribution in [2.24, 2.45) is 5.10 Å². The highest BCUT2D eigenvalue weighted by atomic mass is 32.2. The third kappa shape index (κ3) is 5.61. The molecule has 174 valence electrons. The fourth-order valence-electron chi connectivity index (χ4n) is 3.61. The summed E-state index contributed by atoms with van der Waals surface area (Å²) in [5, 5.41) is 4.05. The van der Waals surface area contributed by atoms with Crippen LogP contribution in [0.2, 0.25) is 0 Å². The molecular formula is C24H28N4O4S. The lowest BCUT2D eigenvalue weighted by molar-refractivity contribution is -0.119. The molecule has 3 rings (SSSR count). The fourth-order valence-corrected chi connectivity index (χ4v) is 4.46. The van der Waals surface area contributed by atoms with Gasteiger partial charge < -0.3 is 9.30 Å². The van der Waals surface area contributed by atoms with Gasteiger partial charge in [-0.2, -0.15) is 5.10 Å². The first kappa shape index (κ1) is 24.1. The average molecular weight is 469 g/mol. The van der Waals surface area contributed by atoms with E-state index >= 15 is 0 Å². The number of sulfonamides is 1. The Hall–Kier alpha value is -3.59. The van der Waals surface area contributed by atoms with Gasteiger partial charge >= 0.3 is 0 Å². The monoisotopic (exact) mass is 468 g/mol. The maximum atomic E-state index is 12.5. The van der Waals surface area contributed by atoms with E-state index in [1.165, 1.54) is 7.11 Å². The molecule has 0 fully saturated rings. The summed E-state index contributed by atoms with van der Waals surface area (Å²) in [6.07, 6.45) is 2.61. The highest BCUT2D eigenvalue weighted by Crippen LogP contribution is 2.23. The van der Waals surface area contributed by atoms with Gasteiger partial charge in [0.2, 0.25) is 10.0 Å². The zero-order chi connectivity index (χ0) is 24.2. The molecule has 0 aliphatic rings. The number of nitrogens with one attached hydrogen (secondary N) is 1. The molecule has 1 heterocycles. The van der Waals surface area contributed by atoms with Gasteiger partial charge in [-0.3, -0.25) is 9.10 Å². The van der Waals surface area contributed by atoms with Crippen molar-refractivity contribution in [3.8, 4) is 11.4 Å². The van der Waals surface area contributed by atoms with Crippen LogP contribution in [0, 0.1) is 20.8 Å². The fraction of sp³-hybridized carbons (Fsp3) is 0.250. The van der Waals surface area contributed by atoms with E-state index in [4.69, 9.17) is 4.74 Å². The van der Waals surface area contributed by atoms with Crippen molar-refractivity contribution in [2.45, 2.75) is 20.8 Å². The molecule has 0 aliphatic carbocycles. The predicted molar refractivity (Wildman–Crippen MR) is 131 cm³/mol. The van der Waals surface area contributed by atoms with Crippen LogP contribution in [0.15, 0.2) is 59.7 Å². The zero-order valence-electron chi connectivity index (χ0n) is 19.4. The van der Waals surface area contributed by atoms with E-state index in [2.05, 4.69) is 34.2 Å². The number of methoxy groups -OCH3 is 1. The highest BCUT2D eigenvalue weighted by molar-refractivity contribution is 7.92. The molecule has 3 aromatic rings. The van der Waals surface area contributed by atoms with Crippen molar-refractivity contribution in [1.29, 1.82) is 0 Å². The third-order valence-electron chi connectivity index (χ3n) is 5.25. The topological polar surface area (TPSA) is 93.0 Å². The second-order valence-corrected chi connectivity index (χ2v) is 9.62. The number of aromatic nitrogens is 1. The van der Waals surface area contributed by atoms with Crippen LogP contribution in [0.3, 0.4) is 0 Å². The first-order chi connectivity index (χ1) is 15.6. The van der Waals surface area contributed by atoms with E-state index in [1.807, 2.05) is 32.0 Å². The number of ether oxygens (including phenoxy) is 1. The number of hydrogen-bond donors (Lipinski definition) is 1. The van der Waals surface area contributed by atoms with Crippen LogP contribution in [0.5, 0.6) is 5.75 Å². The maximum absolute atomic E-state index is 12.5. The molecule has 33 heavy (non-hydrogen) atoms. The standard InChI is InChI=1S/C24H28N4O4S/c1-17-9-6-7-12-23(17)28-18(2)13-20(19(28)3)15-25-26-24(29)16-27(33(5,30)31)21-10-8-11-22(14-21)32-4/h6-15H,16H2,1-5H3,(H,26,29)/b25-15-. The minimum atomic E-state index is -3.70. The summed E-state index contributed by atoms with van der Waals surface area (Å²) in [7, 11) is -2.21. The quantitative estimate of drug-likeness (QED) is 0.405. The second kappa shape index (κ2) is 9.91. The SMILES string of the molecule is COc1cccc(N(CC(=O)N/N=C\c2cc(C)n(-c3ccccc3C)c2C)S(C)(=O)=O)c1. The lowest BCUT2D eigenvalue weighted by atomic mass is 10.2. The van der Waals surface area contributed by atoms with Gasteiger partial charge in [-0.25, -0.2) is 13.8 Å². The van der Waals surface area contributed by atoms with Gasteiger partial charge in [0.15, 0.2) is 0 Å². The molecule has 0 saturated heterocycles. The predicted octanol–water partition coefficient (Wildman–Crippen LogP) is 3.33. The first-order valence-electron chi connectivity index (χ1n) is 10.3. The summed E-state index contributed by atoms with van der Waals surface area (Å²) >= 11 is 0. The molecular weight excluding hydrogens is 440 g/mol. The molecule has 8 nitrogen and oxygen atoms in total. The van der Waals surface area contributed by atoms with E-state index < -0.39 is 22.5 Å². The Balaban J connectivity index is 1.76. The summed E-state index contributed by atoms with van der Waals surface area (Å²) in [5.41, 5.74) is 7.85. The Labute approximate surface area is 194 Å². The smallest absolute Gasteiger partial charge is 0.260 e. The Kier molecular flexibility index (Phi) is 7.23. The normalized spacial score (nSPS) is 11.5. The van der Waals surface area contributed by atoms with Crippen molar-refractivity contribution in [1.82, 2.24) is 9.99 Å². The summed E-state index contributed by atoms with van der Waals surface area (Å²) in [5.74, 6) is -0.0733. The second-order valence-electron chi connectivity index (χ2n) is 7.71. The van der Waals surface area contributed by atoms with Gasteiger partial charge in [0.1, 0.15) is 12.3 Å². The molecule has 0 atom stereocenters. The average Bonchev–Trinajstić information content (AvgIpc) is 3.04. The zero-order valence-corrected chi connectivity index (χ0v) is 20.2. The van der Waals surface area contributed by atoms with Crippen LogP contribution in [0.1, 0.15) is 22.5 Å². The Morgan fingerprint density at radius 1 is 1.12 bits per heavy atom. The number of carbonyl (C=O) groups excluding carboxylic acids is 1.